The highest BCUT2D eigenvalue weighted by molar-refractivity contribution is 5.69. The highest BCUT2D eigenvalue weighted by atomic mass is 19.4. The van der Waals surface area contributed by atoms with E-state index in [-0.39, 0.29) is 38.2 Å². The number of hydrogen-bond acceptors (Lipinski definition) is 3. The molecule has 0 atom stereocenters. The molecule has 1 rings (SSSR count). The number of ether oxygens (including phenoxy) is 1. The predicted octanol–water partition coefficient (Wildman–Crippen LogP) is 3.03. The van der Waals surface area contributed by atoms with E-state index in [1.54, 1.807) is 6.92 Å². The van der Waals surface area contributed by atoms with Crippen LogP contribution in [-0.2, 0) is 22.3 Å². The number of benzene rings is 1. The molecule has 0 aliphatic carbocycles. The van der Waals surface area contributed by atoms with Crippen molar-refractivity contribution in [1.29, 1.82) is 0 Å². The third-order valence-corrected chi connectivity index (χ3v) is 2.58. The fourth-order valence-corrected chi connectivity index (χ4v) is 1.57. The second-order valence-corrected chi connectivity index (χ2v) is 4.15. The Morgan fingerprint density at radius 2 is 1.81 bits per heavy atom. The summed E-state index contributed by atoms with van der Waals surface area (Å²) < 4.78 is 68.6. The Balaban J connectivity index is 2.62. The van der Waals surface area contributed by atoms with Gasteiger partial charge in [0, 0.05) is 18.7 Å². The lowest BCUT2D eigenvalue weighted by Gasteiger charge is -2.11. The van der Waals surface area contributed by atoms with E-state index in [1.807, 2.05) is 0 Å². The minimum Gasteiger partial charge on any atom is -0.466 e. The van der Waals surface area contributed by atoms with Crippen LogP contribution in [0.3, 0.4) is 0 Å². The Bertz CT molecular complexity index is 479. The van der Waals surface area contributed by atoms with Gasteiger partial charge in [0.2, 0.25) is 0 Å². The molecule has 0 aliphatic rings. The molecular formula is C13H14F5NO2. The first-order valence-electron chi connectivity index (χ1n) is 6.17. The van der Waals surface area contributed by atoms with Gasteiger partial charge in [0.25, 0.3) is 0 Å². The summed E-state index contributed by atoms with van der Waals surface area (Å²) in [6, 6.07) is 0.483. The van der Waals surface area contributed by atoms with Crippen molar-refractivity contribution < 1.29 is 31.5 Å². The van der Waals surface area contributed by atoms with Gasteiger partial charge in [0.1, 0.15) is 11.6 Å². The van der Waals surface area contributed by atoms with Crippen molar-refractivity contribution in [1.82, 2.24) is 5.32 Å². The van der Waals surface area contributed by atoms with Crippen molar-refractivity contribution in [3.8, 4) is 0 Å². The number of halogens is 5. The monoisotopic (exact) mass is 311 g/mol. The van der Waals surface area contributed by atoms with E-state index in [0.29, 0.717) is 0 Å². The van der Waals surface area contributed by atoms with E-state index in [2.05, 4.69) is 10.1 Å². The number of hydrogen-bond donors (Lipinski definition) is 1. The first kappa shape index (κ1) is 17.4. The second-order valence-electron chi connectivity index (χ2n) is 4.15. The SMILES string of the molecule is CCOC(=O)CCNCc1c(F)cc(C(F)(F)F)cc1F. The topological polar surface area (TPSA) is 38.3 Å². The molecule has 0 radical (unpaired) electrons. The van der Waals surface area contributed by atoms with E-state index in [9.17, 15) is 26.7 Å². The Labute approximate surface area is 118 Å². The number of carbonyl (C=O) groups excluding carboxylic acids is 1. The molecule has 3 nitrogen and oxygen atoms in total. The molecule has 1 N–H and O–H groups in total. The van der Waals surface area contributed by atoms with E-state index < -0.39 is 34.9 Å². The van der Waals surface area contributed by atoms with Gasteiger partial charge in [-0.05, 0) is 19.1 Å². The zero-order chi connectivity index (χ0) is 16.0. The van der Waals surface area contributed by atoms with Gasteiger partial charge in [-0.15, -0.1) is 0 Å². The minimum absolute atomic E-state index is 0.00227. The molecule has 8 heteroatoms. The average Bonchev–Trinajstić information content (AvgIpc) is 2.36. The third-order valence-electron chi connectivity index (χ3n) is 2.58. The minimum atomic E-state index is -4.81. The van der Waals surface area contributed by atoms with Crippen molar-refractivity contribution in [2.45, 2.75) is 26.1 Å². The first-order valence-corrected chi connectivity index (χ1v) is 6.17. The maximum atomic E-state index is 13.5. The standard InChI is InChI=1S/C13H14F5NO2/c1-2-21-12(20)3-4-19-7-9-10(14)5-8(6-11(9)15)13(16,17)18/h5-6,19H,2-4,7H2,1H3. The Hall–Kier alpha value is -1.70. The number of nitrogens with one attached hydrogen (secondary N) is 1. The molecule has 21 heavy (non-hydrogen) atoms. The smallest absolute Gasteiger partial charge is 0.416 e. The molecule has 0 bridgehead atoms. The Morgan fingerprint density at radius 1 is 1.24 bits per heavy atom. The zero-order valence-electron chi connectivity index (χ0n) is 11.2. The van der Waals surface area contributed by atoms with Crippen molar-refractivity contribution >= 4 is 5.97 Å². The molecule has 0 aromatic heterocycles. The molecular weight excluding hydrogens is 297 g/mol. The molecule has 0 saturated carbocycles. The predicted molar refractivity (Wildman–Crippen MR) is 64.3 cm³/mol. The van der Waals surface area contributed by atoms with Crippen LogP contribution >= 0.6 is 0 Å². The van der Waals surface area contributed by atoms with Gasteiger partial charge in [0.05, 0.1) is 18.6 Å². The Kier molecular flexibility index (Phi) is 6.07. The normalized spacial score (nSPS) is 11.5. The summed E-state index contributed by atoms with van der Waals surface area (Å²) in [4.78, 5) is 11.0. The van der Waals surface area contributed by atoms with Crippen molar-refractivity contribution in [3.63, 3.8) is 0 Å². The first-order chi connectivity index (χ1) is 9.75. The van der Waals surface area contributed by atoms with Crippen LogP contribution in [0.1, 0.15) is 24.5 Å². The zero-order valence-corrected chi connectivity index (χ0v) is 11.2. The van der Waals surface area contributed by atoms with E-state index in [0.717, 1.165) is 0 Å². The molecule has 0 saturated heterocycles. The van der Waals surface area contributed by atoms with Gasteiger partial charge in [-0.1, -0.05) is 0 Å². The third kappa shape index (κ3) is 5.30. The van der Waals surface area contributed by atoms with Gasteiger partial charge in [-0.25, -0.2) is 8.78 Å². The van der Waals surface area contributed by atoms with Crippen molar-refractivity contribution in [3.05, 3.63) is 34.9 Å². The fourth-order valence-electron chi connectivity index (χ4n) is 1.57. The van der Waals surface area contributed by atoms with Gasteiger partial charge in [0.15, 0.2) is 0 Å². The van der Waals surface area contributed by atoms with Crippen LogP contribution in [0.15, 0.2) is 12.1 Å². The van der Waals surface area contributed by atoms with E-state index in [1.165, 1.54) is 0 Å². The molecule has 0 unspecified atom stereocenters. The van der Waals surface area contributed by atoms with Gasteiger partial charge in [-0.2, -0.15) is 13.2 Å². The molecule has 0 fully saturated rings. The average molecular weight is 311 g/mol. The summed E-state index contributed by atoms with van der Waals surface area (Å²) >= 11 is 0. The highest BCUT2D eigenvalue weighted by Crippen LogP contribution is 2.31. The van der Waals surface area contributed by atoms with Gasteiger partial charge < -0.3 is 10.1 Å². The van der Waals surface area contributed by atoms with Crippen LogP contribution in [0, 0.1) is 11.6 Å². The number of esters is 1. The lowest BCUT2D eigenvalue weighted by atomic mass is 10.1. The lowest BCUT2D eigenvalue weighted by molar-refractivity contribution is -0.143. The maximum Gasteiger partial charge on any atom is 0.416 e. The molecule has 1 aromatic carbocycles. The second kappa shape index (κ2) is 7.35. The summed E-state index contributed by atoms with van der Waals surface area (Å²) in [7, 11) is 0. The van der Waals surface area contributed by atoms with Crippen LogP contribution in [0.5, 0.6) is 0 Å². The summed E-state index contributed by atoms with van der Waals surface area (Å²) in [5.41, 5.74) is -1.89. The van der Waals surface area contributed by atoms with Crippen LogP contribution in [0.25, 0.3) is 0 Å². The van der Waals surface area contributed by atoms with Crippen LogP contribution < -0.4 is 5.32 Å². The van der Waals surface area contributed by atoms with Gasteiger partial charge in [-0.3, -0.25) is 4.79 Å². The summed E-state index contributed by atoms with van der Waals surface area (Å²) in [6.07, 6.45) is -4.81. The Morgan fingerprint density at radius 3 is 2.29 bits per heavy atom. The number of carbonyl (C=O) groups is 1. The number of rotatable bonds is 6. The summed E-state index contributed by atoms with van der Waals surface area (Å²) in [5, 5.41) is 2.57. The quantitative estimate of drug-likeness (QED) is 0.498. The van der Waals surface area contributed by atoms with Crippen LogP contribution in [0.4, 0.5) is 22.0 Å². The highest BCUT2D eigenvalue weighted by Gasteiger charge is 2.32. The van der Waals surface area contributed by atoms with Crippen LogP contribution in [0.2, 0.25) is 0 Å². The van der Waals surface area contributed by atoms with Crippen molar-refractivity contribution in [2.24, 2.45) is 0 Å². The molecule has 1 aromatic rings. The maximum absolute atomic E-state index is 13.5. The fraction of sp³-hybridized carbons (Fsp3) is 0.462. The van der Waals surface area contributed by atoms with Crippen LogP contribution in [-0.4, -0.2) is 19.1 Å². The van der Waals surface area contributed by atoms with E-state index in [4.69, 9.17) is 0 Å². The molecule has 118 valence electrons. The molecule has 0 amide bonds. The van der Waals surface area contributed by atoms with E-state index >= 15 is 0 Å². The summed E-state index contributed by atoms with van der Waals surface area (Å²) in [5.74, 6) is -3.05. The molecule has 0 aliphatic heterocycles. The summed E-state index contributed by atoms with van der Waals surface area (Å²) in [6.45, 7) is 1.63. The molecule has 0 spiro atoms. The van der Waals surface area contributed by atoms with Gasteiger partial charge >= 0.3 is 12.1 Å². The largest absolute Gasteiger partial charge is 0.466 e. The molecule has 0 heterocycles. The van der Waals surface area contributed by atoms with Crippen molar-refractivity contribution in [2.75, 3.05) is 13.2 Å². The lowest BCUT2D eigenvalue weighted by Crippen LogP contribution is -2.20. The number of alkyl halides is 3.